The largest absolute Gasteiger partial charge is 0.491 e. The molecule has 1 aliphatic carbocycles. The zero-order valence-corrected chi connectivity index (χ0v) is 16.9. The summed E-state index contributed by atoms with van der Waals surface area (Å²) in [5.41, 5.74) is 5.76. The van der Waals surface area contributed by atoms with Crippen molar-refractivity contribution in [2.45, 2.75) is 25.4 Å². The molecule has 0 spiro atoms. The van der Waals surface area contributed by atoms with E-state index < -0.39 is 6.10 Å². The molecule has 1 aromatic carbocycles. The highest BCUT2D eigenvalue weighted by atomic mass is 127. The average Bonchev–Trinajstić information content (AvgIpc) is 2.43. The van der Waals surface area contributed by atoms with E-state index in [1.807, 2.05) is 24.3 Å². The van der Waals surface area contributed by atoms with Crippen LogP contribution in [-0.2, 0) is 0 Å². The number of aliphatic hydroxyl groups excluding tert-OH is 1. The second-order valence-corrected chi connectivity index (χ2v) is 6.57. The van der Waals surface area contributed by atoms with Gasteiger partial charge in [0.1, 0.15) is 18.5 Å². The van der Waals surface area contributed by atoms with Crippen LogP contribution in [0.1, 0.15) is 19.3 Å². The summed E-state index contributed by atoms with van der Waals surface area (Å²) in [6.45, 7) is 1.33. The molecule has 22 heavy (non-hydrogen) atoms. The number of benzene rings is 1. The summed E-state index contributed by atoms with van der Waals surface area (Å²) < 4.78 is 6.64. The number of rotatable bonds is 7. The molecule has 1 fully saturated rings. The van der Waals surface area contributed by atoms with Gasteiger partial charge in [-0.15, -0.1) is 24.0 Å². The predicted molar refractivity (Wildman–Crippen MR) is 108 cm³/mol. The van der Waals surface area contributed by atoms with Crippen LogP contribution in [0.15, 0.2) is 29.3 Å². The Labute approximate surface area is 162 Å². The fourth-order valence-electron chi connectivity index (χ4n) is 1.98. The summed E-state index contributed by atoms with van der Waals surface area (Å²) in [7, 11) is 0. The minimum absolute atomic E-state index is 0. The number of hydrogen-bond donors (Lipinski definition) is 3. The third kappa shape index (κ3) is 7.32. The van der Waals surface area contributed by atoms with Crippen LogP contribution in [0.25, 0.3) is 0 Å². The molecule has 5 nitrogen and oxygen atoms in total. The van der Waals surface area contributed by atoms with Crippen molar-refractivity contribution in [3.8, 4) is 5.75 Å². The molecule has 1 unspecified atom stereocenters. The smallest absolute Gasteiger partial charge is 0.188 e. The molecular weight excluding hydrogens is 508 g/mol. The number of halogens is 2. The highest BCUT2D eigenvalue weighted by Gasteiger charge is 2.16. The molecule has 1 aliphatic rings. The molecule has 4 N–H and O–H groups in total. The lowest BCUT2D eigenvalue weighted by molar-refractivity contribution is 0.114. The van der Waals surface area contributed by atoms with Gasteiger partial charge in [-0.1, -0.05) is 6.42 Å². The minimum Gasteiger partial charge on any atom is -0.491 e. The van der Waals surface area contributed by atoms with Gasteiger partial charge in [0.15, 0.2) is 5.96 Å². The highest BCUT2D eigenvalue weighted by molar-refractivity contribution is 14.1. The van der Waals surface area contributed by atoms with Crippen LogP contribution < -0.4 is 15.8 Å². The van der Waals surface area contributed by atoms with Crippen molar-refractivity contribution in [2.75, 3.05) is 19.7 Å². The lowest BCUT2D eigenvalue weighted by Gasteiger charge is -2.25. The summed E-state index contributed by atoms with van der Waals surface area (Å²) in [5.74, 6) is 1.87. The monoisotopic (exact) mass is 531 g/mol. The first-order chi connectivity index (χ1) is 10.1. The molecule has 0 saturated heterocycles. The zero-order chi connectivity index (χ0) is 15.1. The summed E-state index contributed by atoms with van der Waals surface area (Å²) in [6.07, 6.45) is 3.20. The lowest BCUT2D eigenvalue weighted by atomic mass is 9.85. The molecule has 7 heteroatoms. The normalized spacial score (nSPS) is 16.4. The van der Waals surface area contributed by atoms with Crippen molar-refractivity contribution in [3.05, 3.63) is 27.8 Å². The number of nitrogens with one attached hydrogen (secondary N) is 1. The number of nitrogens with two attached hydrogens (primary N) is 1. The SMILES string of the molecule is I.NC(=NCC(O)COc1ccc(I)cc1)NCC1CCC1. The third-order valence-electron chi connectivity index (χ3n) is 3.53. The Kier molecular flexibility index (Phi) is 9.41. The van der Waals surface area contributed by atoms with Crippen LogP contribution >= 0.6 is 46.6 Å². The van der Waals surface area contributed by atoms with E-state index in [0.29, 0.717) is 5.96 Å². The lowest BCUT2D eigenvalue weighted by Crippen LogP contribution is -2.38. The zero-order valence-electron chi connectivity index (χ0n) is 12.4. The summed E-state index contributed by atoms with van der Waals surface area (Å²) in [6, 6.07) is 7.68. The number of ether oxygens (including phenoxy) is 1. The number of guanidine groups is 1. The molecule has 1 saturated carbocycles. The van der Waals surface area contributed by atoms with E-state index in [9.17, 15) is 5.11 Å². The molecule has 0 aliphatic heterocycles. The fourth-order valence-corrected chi connectivity index (χ4v) is 2.34. The van der Waals surface area contributed by atoms with Crippen LogP contribution in [0.3, 0.4) is 0 Å². The van der Waals surface area contributed by atoms with Crippen molar-refractivity contribution in [2.24, 2.45) is 16.6 Å². The Balaban J connectivity index is 0.00000242. The van der Waals surface area contributed by atoms with Gasteiger partial charge in [0.2, 0.25) is 0 Å². The summed E-state index contributed by atoms with van der Waals surface area (Å²) >= 11 is 2.23. The predicted octanol–water partition coefficient (Wildman–Crippen LogP) is 2.35. The Morgan fingerprint density at radius 2 is 2.09 bits per heavy atom. The number of aliphatic imine (C=N–C) groups is 1. The quantitative estimate of drug-likeness (QED) is 0.287. The molecule has 0 bridgehead atoms. The van der Waals surface area contributed by atoms with Crippen molar-refractivity contribution in [1.29, 1.82) is 0 Å². The van der Waals surface area contributed by atoms with E-state index in [2.05, 4.69) is 32.9 Å². The van der Waals surface area contributed by atoms with Gasteiger partial charge >= 0.3 is 0 Å². The van der Waals surface area contributed by atoms with Crippen molar-refractivity contribution in [3.63, 3.8) is 0 Å². The van der Waals surface area contributed by atoms with Gasteiger partial charge in [0.05, 0.1) is 6.54 Å². The highest BCUT2D eigenvalue weighted by Crippen LogP contribution is 2.24. The van der Waals surface area contributed by atoms with Crippen LogP contribution in [0.4, 0.5) is 0 Å². The van der Waals surface area contributed by atoms with E-state index in [1.165, 1.54) is 19.3 Å². The Bertz CT molecular complexity index is 464. The van der Waals surface area contributed by atoms with E-state index in [1.54, 1.807) is 0 Å². The Morgan fingerprint density at radius 1 is 1.41 bits per heavy atom. The first kappa shape index (κ1) is 19.8. The second-order valence-electron chi connectivity index (χ2n) is 5.32. The second kappa shape index (κ2) is 10.5. The van der Waals surface area contributed by atoms with Gasteiger partial charge in [0, 0.05) is 10.1 Å². The number of nitrogens with zero attached hydrogens (tertiary/aromatic N) is 1. The first-order valence-electron chi connectivity index (χ1n) is 7.23. The van der Waals surface area contributed by atoms with E-state index in [-0.39, 0.29) is 37.1 Å². The van der Waals surface area contributed by atoms with Gasteiger partial charge in [0.25, 0.3) is 0 Å². The van der Waals surface area contributed by atoms with Gasteiger partial charge < -0.3 is 20.9 Å². The standard InChI is InChI=1S/C15H22IN3O2.HI/c16-12-4-6-14(7-5-12)21-10-13(20)9-19-15(17)18-8-11-2-1-3-11;/h4-7,11,13,20H,1-3,8-10H2,(H3,17,18,19);1H. The molecule has 124 valence electrons. The van der Waals surface area contributed by atoms with E-state index in [0.717, 1.165) is 21.8 Å². The fraction of sp³-hybridized carbons (Fsp3) is 0.533. The third-order valence-corrected chi connectivity index (χ3v) is 4.24. The Morgan fingerprint density at radius 3 is 2.68 bits per heavy atom. The maximum atomic E-state index is 9.83. The van der Waals surface area contributed by atoms with Gasteiger partial charge in [-0.3, -0.25) is 4.99 Å². The molecule has 1 aromatic rings. The Hall–Kier alpha value is -0.290. The van der Waals surface area contributed by atoms with Crippen LogP contribution in [0.5, 0.6) is 5.75 Å². The average molecular weight is 531 g/mol. The van der Waals surface area contributed by atoms with Crippen LogP contribution in [0, 0.1) is 9.49 Å². The molecule has 2 rings (SSSR count). The van der Waals surface area contributed by atoms with E-state index in [4.69, 9.17) is 10.5 Å². The summed E-state index contributed by atoms with van der Waals surface area (Å²) in [4.78, 5) is 4.13. The van der Waals surface area contributed by atoms with Crippen LogP contribution in [-0.4, -0.2) is 36.9 Å². The topological polar surface area (TPSA) is 79.9 Å². The summed E-state index contributed by atoms with van der Waals surface area (Å²) in [5, 5.41) is 12.9. The van der Waals surface area contributed by atoms with Gasteiger partial charge in [-0.05, 0) is 65.6 Å². The van der Waals surface area contributed by atoms with Crippen molar-refractivity contribution < 1.29 is 9.84 Å². The number of hydrogen-bond acceptors (Lipinski definition) is 3. The van der Waals surface area contributed by atoms with Crippen LogP contribution in [0.2, 0.25) is 0 Å². The van der Waals surface area contributed by atoms with Gasteiger partial charge in [-0.2, -0.15) is 0 Å². The van der Waals surface area contributed by atoms with Crippen molar-refractivity contribution in [1.82, 2.24) is 5.32 Å². The minimum atomic E-state index is -0.659. The van der Waals surface area contributed by atoms with E-state index >= 15 is 0 Å². The molecule has 0 aromatic heterocycles. The molecule has 0 amide bonds. The molecule has 0 radical (unpaired) electrons. The maximum absolute atomic E-state index is 9.83. The van der Waals surface area contributed by atoms with Gasteiger partial charge in [-0.25, -0.2) is 0 Å². The molecule has 1 atom stereocenters. The maximum Gasteiger partial charge on any atom is 0.188 e. The van der Waals surface area contributed by atoms with Crippen molar-refractivity contribution >= 4 is 52.5 Å². The first-order valence-corrected chi connectivity index (χ1v) is 8.31. The molecule has 0 heterocycles. The molecular formula is C15H23I2N3O2. The number of aliphatic hydroxyl groups is 1.